The lowest BCUT2D eigenvalue weighted by atomic mass is 9.98. The monoisotopic (exact) mass is 397 g/mol. The summed E-state index contributed by atoms with van der Waals surface area (Å²) < 4.78 is 20.3. The van der Waals surface area contributed by atoms with Crippen LogP contribution < -0.4 is 10.5 Å². The highest BCUT2D eigenvalue weighted by atomic mass is 79.9. The van der Waals surface area contributed by atoms with Crippen LogP contribution in [0, 0.1) is 17.1 Å². The first-order chi connectivity index (χ1) is 12.0. The Labute approximate surface area is 152 Å². The molecular formula is C19H13BrFN3O. The predicted octanol–water partition coefficient (Wildman–Crippen LogP) is 4.78. The Kier molecular flexibility index (Phi) is 4.68. The van der Waals surface area contributed by atoms with Crippen molar-refractivity contribution in [2.24, 2.45) is 0 Å². The maximum Gasteiger partial charge on any atom is 0.142 e. The first kappa shape index (κ1) is 16.9. The Hall–Kier alpha value is -2.91. The van der Waals surface area contributed by atoms with Gasteiger partial charge in [0.25, 0.3) is 0 Å². The number of nitriles is 1. The van der Waals surface area contributed by atoms with Gasteiger partial charge >= 0.3 is 0 Å². The first-order valence-corrected chi connectivity index (χ1v) is 8.13. The van der Waals surface area contributed by atoms with E-state index in [2.05, 4.69) is 20.9 Å². The van der Waals surface area contributed by atoms with Crippen LogP contribution in [0.4, 0.5) is 10.2 Å². The number of rotatable bonds is 3. The van der Waals surface area contributed by atoms with Gasteiger partial charge in [-0.05, 0) is 36.4 Å². The number of ether oxygens (including phenoxy) is 1. The summed E-state index contributed by atoms with van der Waals surface area (Å²) in [5.74, 6) is 0.275. The highest BCUT2D eigenvalue weighted by molar-refractivity contribution is 9.10. The van der Waals surface area contributed by atoms with Crippen molar-refractivity contribution in [3.63, 3.8) is 0 Å². The Balaban J connectivity index is 2.26. The molecule has 1 heterocycles. The molecule has 0 amide bonds. The zero-order valence-electron chi connectivity index (χ0n) is 13.3. The maximum atomic E-state index is 14.3. The van der Waals surface area contributed by atoms with Crippen LogP contribution in [-0.2, 0) is 0 Å². The SMILES string of the molecule is COc1cccc(-c2cc(-c3cc(Br)ccc3F)c(C#N)c(N)n2)c1. The Morgan fingerprint density at radius 3 is 2.68 bits per heavy atom. The van der Waals surface area contributed by atoms with Gasteiger partial charge in [-0.2, -0.15) is 5.26 Å². The van der Waals surface area contributed by atoms with Crippen LogP contribution in [-0.4, -0.2) is 12.1 Å². The Morgan fingerprint density at radius 2 is 1.96 bits per heavy atom. The molecular weight excluding hydrogens is 385 g/mol. The summed E-state index contributed by atoms with van der Waals surface area (Å²) in [6, 6.07) is 15.5. The number of hydrogen-bond donors (Lipinski definition) is 1. The third kappa shape index (κ3) is 3.32. The number of nitrogens with zero attached hydrogens (tertiary/aromatic N) is 2. The van der Waals surface area contributed by atoms with E-state index in [-0.39, 0.29) is 16.9 Å². The lowest BCUT2D eigenvalue weighted by Gasteiger charge is -2.12. The van der Waals surface area contributed by atoms with Crippen LogP contribution >= 0.6 is 15.9 Å². The summed E-state index contributed by atoms with van der Waals surface area (Å²) in [5, 5.41) is 9.44. The van der Waals surface area contributed by atoms with E-state index in [4.69, 9.17) is 10.5 Å². The summed E-state index contributed by atoms with van der Waals surface area (Å²) in [4.78, 5) is 4.29. The topological polar surface area (TPSA) is 71.9 Å². The molecule has 0 aliphatic heterocycles. The van der Waals surface area contributed by atoms with E-state index < -0.39 is 5.82 Å². The summed E-state index contributed by atoms with van der Waals surface area (Å²) in [7, 11) is 1.57. The number of pyridine rings is 1. The number of hydrogen-bond acceptors (Lipinski definition) is 4. The van der Waals surface area contributed by atoms with Crippen LogP contribution in [0.25, 0.3) is 22.4 Å². The molecule has 3 aromatic rings. The van der Waals surface area contributed by atoms with E-state index in [1.165, 1.54) is 6.07 Å². The van der Waals surface area contributed by atoms with Gasteiger partial charge in [0.05, 0.1) is 12.8 Å². The lowest BCUT2D eigenvalue weighted by Crippen LogP contribution is -2.01. The summed E-state index contributed by atoms with van der Waals surface area (Å²) in [5.41, 5.74) is 8.07. The summed E-state index contributed by atoms with van der Waals surface area (Å²) in [6.07, 6.45) is 0. The van der Waals surface area contributed by atoms with Crippen molar-refractivity contribution in [3.8, 4) is 34.2 Å². The van der Waals surface area contributed by atoms with E-state index in [0.717, 1.165) is 5.56 Å². The molecule has 25 heavy (non-hydrogen) atoms. The van der Waals surface area contributed by atoms with Crippen LogP contribution in [0.3, 0.4) is 0 Å². The van der Waals surface area contributed by atoms with Crippen molar-refractivity contribution in [2.75, 3.05) is 12.8 Å². The second-order valence-corrected chi connectivity index (χ2v) is 6.20. The van der Waals surface area contributed by atoms with Crippen molar-refractivity contribution >= 4 is 21.7 Å². The number of nitrogens with two attached hydrogens (primary N) is 1. The van der Waals surface area contributed by atoms with Crippen LogP contribution in [0.2, 0.25) is 0 Å². The minimum atomic E-state index is -0.443. The van der Waals surface area contributed by atoms with E-state index in [9.17, 15) is 9.65 Å². The molecule has 2 N–H and O–H groups in total. The van der Waals surface area contributed by atoms with Crippen LogP contribution in [0.1, 0.15) is 5.56 Å². The molecule has 0 radical (unpaired) electrons. The molecule has 6 heteroatoms. The van der Waals surface area contributed by atoms with Crippen molar-refractivity contribution < 1.29 is 9.13 Å². The fourth-order valence-electron chi connectivity index (χ4n) is 2.53. The average molecular weight is 398 g/mol. The number of halogens is 2. The lowest BCUT2D eigenvalue weighted by molar-refractivity contribution is 0.415. The average Bonchev–Trinajstić information content (AvgIpc) is 2.63. The van der Waals surface area contributed by atoms with Gasteiger partial charge in [-0.15, -0.1) is 0 Å². The fourth-order valence-corrected chi connectivity index (χ4v) is 2.89. The number of nitrogen functional groups attached to an aromatic ring is 1. The molecule has 1 aromatic heterocycles. The van der Waals surface area contributed by atoms with Crippen molar-refractivity contribution in [3.05, 3.63) is 64.4 Å². The summed E-state index contributed by atoms with van der Waals surface area (Å²) >= 11 is 3.33. The Morgan fingerprint density at radius 1 is 1.16 bits per heavy atom. The first-order valence-electron chi connectivity index (χ1n) is 7.34. The molecule has 4 nitrogen and oxygen atoms in total. The van der Waals surface area contributed by atoms with Crippen molar-refractivity contribution in [1.82, 2.24) is 4.98 Å². The maximum absolute atomic E-state index is 14.3. The number of methoxy groups -OCH3 is 1. The molecule has 0 aliphatic carbocycles. The van der Waals surface area contributed by atoms with Gasteiger partial charge in [-0.1, -0.05) is 28.1 Å². The molecule has 0 spiro atoms. The molecule has 0 unspecified atom stereocenters. The standard InChI is InChI=1S/C19H13BrFN3O/c1-25-13-4-2-3-11(7-13)18-9-14(16(10-22)19(23)24-18)15-8-12(20)5-6-17(15)21/h2-9H,1H3,(H2,23,24). The summed E-state index contributed by atoms with van der Waals surface area (Å²) in [6.45, 7) is 0. The van der Waals surface area contributed by atoms with Gasteiger partial charge in [-0.3, -0.25) is 0 Å². The number of benzene rings is 2. The minimum Gasteiger partial charge on any atom is -0.497 e. The van der Waals surface area contributed by atoms with Crippen LogP contribution in [0.15, 0.2) is 53.0 Å². The largest absolute Gasteiger partial charge is 0.497 e. The second-order valence-electron chi connectivity index (χ2n) is 5.28. The molecule has 0 aliphatic rings. The van der Waals surface area contributed by atoms with E-state index in [1.54, 1.807) is 31.4 Å². The zero-order chi connectivity index (χ0) is 18.0. The fraction of sp³-hybridized carbons (Fsp3) is 0.0526. The third-order valence-electron chi connectivity index (χ3n) is 3.74. The van der Waals surface area contributed by atoms with E-state index in [1.807, 2.05) is 24.3 Å². The predicted molar refractivity (Wildman–Crippen MR) is 98.4 cm³/mol. The molecule has 124 valence electrons. The van der Waals surface area contributed by atoms with E-state index in [0.29, 0.717) is 21.5 Å². The van der Waals surface area contributed by atoms with Gasteiger partial charge in [0.1, 0.15) is 29.0 Å². The van der Waals surface area contributed by atoms with Crippen LogP contribution in [0.5, 0.6) is 5.75 Å². The molecule has 3 rings (SSSR count). The third-order valence-corrected chi connectivity index (χ3v) is 4.24. The Bertz CT molecular complexity index is 998. The smallest absolute Gasteiger partial charge is 0.142 e. The normalized spacial score (nSPS) is 10.3. The second kappa shape index (κ2) is 6.91. The van der Waals surface area contributed by atoms with Gasteiger partial charge in [0, 0.05) is 21.2 Å². The molecule has 0 atom stereocenters. The molecule has 0 fully saturated rings. The van der Waals surface area contributed by atoms with Crippen molar-refractivity contribution in [1.29, 1.82) is 5.26 Å². The van der Waals surface area contributed by atoms with Gasteiger partial charge < -0.3 is 10.5 Å². The molecule has 0 bridgehead atoms. The van der Waals surface area contributed by atoms with Crippen molar-refractivity contribution in [2.45, 2.75) is 0 Å². The quantitative estimate of drug-likeness (QED) is 0.689. The molecule has 2 aromatic carbocycles. The number of aromatic nitrogens is 1. The highest BCUT2D eigenvalue weighted by Crippen LogP contribution is 2.34. The van der Waals surface area contributed by atoms with Gasteiger partial charge in [-0.25, -0.2) is 9.37 Å². The minimum absolute atomic E-state index is 0.0530. The molecule has 0 saturated heterocycles. The highest BCUT2D eigenvalue weighted by Gasteiger charge is 2.16. The van der Waals surface area contributed by atoms with Gasteiger partial charge in [0.15, 0.2) is 0 Å². The van der Waals surface area contributed by atoms with Gasteiger partial charge in [0.2, 0.25) is 0 Å². The number of anilines is 1. The van der Waals surface area contributed by atoms with E-state index >= 15 is 0 Å². The molecule has 0 saturated carbocycles. The zero-order valence-corrected chi connectivity index (χ0v) is 14.8.